The molecule has 21 heavy (non-hydrogen) atoms. The molecule has 0 saturated heterocycles. The van der Waals surface area contributed by atoms with Crippen molar-refractivity contribution in [1.29, 1.82) is 0 Å². The summed E-state index contributed by atoms with van der Waals surface area (Å²) in [5.74, 6) is -0.545. The van der Waals surface area contributed by atoms with Crippen molar-refractivity contribution in [3.8, 4) is 0 Å². The van der Waals surface area contributed by atoms with E-state index in [4.69, 9.17) is 18.0 Å². The Balaban J connectivity index is 2.47. The molecule has 7 heteroatoms. The second kappa shape index (κ2) is 5.79. The van der Waals surface area contributed by atoms with Crippen molar-refractivity contribution in [1.82, 2.24) is 0 Å². The van der Waals surface area contributed by atoms with E-state index >= 15 is 0 Å². The summed E-state index contributed by atoms with van der Waals surface area (Å²) in [6.45, 7) is 1.69. The molecule has 2 rings (SSSR count). The highest BCUT2D eigenvalue weighted by Crippen LogP contribution is 2.22. The van der Waals surface area contributed by atoms with Crippen LogP contribution in [0.1, 0.15) is 11.1 Å². The molecule has 0 saturated carbocycles. The standard InChI is InChI=1S/C14H13FN2O2S2/c1-9-4-2-3-5-13(9)21(18,19)17-12-7-6-10(15)8-11(12)14(16)20/h2-8,17H,1H3,(H2,16,20). The number of anilines is 1. The molecular formula is C14H13FN2O2S2. The van der Waals surface area contributed by atoms with Gasteiger partial charge in [0.25, 0.3) is 10.0 Å². The van der Waals surface area contributed by atoms with Gasteiger partial charge in [-0.3, -0.25) is 4.72 Å². The third-order valence-electron chi connectivity index (χ3n) is 2.87. The average molecular weight is 324 g/mol. The van der Waals surface area contributed by atoms with Gasteiger partial charge in [-0.25, -0.2) is 12.8 Å². The number of benzene rings is 2. The van der Waals surface area contributed by atoms with E-state index in [0.717, 1.165) is 12.1 Å². The Labute approximate surface area is 127 Å². The van der Waals surface area contributed by atoms with Crippen molar-refractivity contribution >= 4 is 32.9 Å². The van der Waals surface area contributed by atoms with Crippen LogP contribution >= 0.6 is 12.2 Å². The number of aryl methyl sites for hydroxylation is 1. The molecule has 110 valence electrons. The maximum atomic E-state index is 13.2. The zero-order chi connectivity index (χ0) is 15.6. The van der Waals surface area contributed by atoms with E-state index in [1.807, 2.05) is 0 Å². The topological polar surface area (TPSA) is 72.2 Å². The minimum Gasteiger partial charge on any atom is -0.389 e. The van der Waals surface area contributed by atoms with Gasteiger partial charge >= 0.3 is 0 Å². The van der Waals surface area contributed by atoms with Crippen molar-refractivity contribution in [2.45, 2.75) is 11.8 Å². The molecule has 0 atom stereocenters. The zero-order valence-electron chi connectivity index (χ0n) is 11.1. The van der Waals surface area contributed by atoms with Crippen LogP contribution in [-0.2, 0) is 10.0 Å². The van der Waals surface area contributed by atoms with E-state index in [2.05, 4.69) is 4.72 Å². The zero-order valence-corrected chi connectivity index (χ0v) is 12.8. The molecule has 2 aromatic rings. The Morgan fingerprint density at radius 1 is 1.24 bits per heavy atom. The molecule has 0 aliphatic heterocycles. The molecule has 0 radical (unpaired) electrons. The van der Waals surface area contributed by atoms with Gasteiger partial charge in [-0.05, 0) is 36.8 Å². The number of sulfonamides is 1. The number of halogens is 1. The first kappa shape index (κ1) is 15.4. The van der Waals surface area contributed by atoms with Crippen LogP contribution < -0.4 is 10.5 Å². The summed E-state index contributed by atoms with van der Waals surface area (Å²) in [6.07, 6.45) is 0. The smallest absolute Gasteiger partial charge is 0.262 e. The summed E-state index contributed by atoms with van der Waals surface area (Å²) in [4.78, 5) is 0.0557. The van der Waals surface area contributed by atoms with Crippen LogP contribution in [-0.4, -0.2) is 13.4 Å². The van der Waals surface area contributed by atoms with Gasteiger partial charge in [0.2, 0.25) is 0 Å². The maximum absolute atomic E-state index is 13.2. The van der Waals surface area contributed by atoms with Gasteiger partial charge in [0.1, 0.15) is 10.8 Å². The fraction of sp³-hybridized carbons (Fsp3) is 0.0714. The van der Waals surface area contributed by atoms with Gasteiger partial charge in [-0.2, -0.15) is 0 Å². The van der Waals surface area contributed by atoms with Gasteiger partial charge in [-0.15, -0.1) is 0 Å². The lowest BCUT2D eigenvalue weighted by molar-refractivity contribution is 0.600. The van der Waals surface area contributed by atoms with Crippen molar-refractivity contribution in [2.75, 3.05) is 4.72 Å². The fourth-order valence-electron chi connectivity index (χ4n) is 1.87. The number of thiocarbonyl (C=S) groups is 1. The molecule has 0 aromatic heterocycles. The van der Waals surface area contributed by atoms with E-state index in [-0.39, 0.29) is 21.1 Å². The van der Waals surface area contributed by atoms with E-state index in [9.17, 15) is 12.8 Å². The predicted molar refractivity (Wildman–Crippen MR) is 84.3 cm³/mol. The predicted octanol–water partition coefficient (Wildman–Crippen LogP) is 2.57. The van der Waals surface area contributed by atoms with Crippen molar-refractivity contribution in [3.63, 3.8) is 0 Å². The van der Waals surface area contributed by atoms with Gasteiger partial charge in [0, 0.05) is 5.56 Å². The first-order valence-electron chi connectivity index (χ1n) is 5.99. The van der Waals surface area contributed by atoms with E-state index < -0.39 is 15.8 Å². The van der Waals surface area contributed by atoms with Gasteiger partial charge in [0.15, 0.2) is 0 Å². The summed E-state index contributed by atoms with van der Waals surface area (Å²) in [5, 5.41) is 0. The van der Waals surface area contributed by atoms with Crippen LogP contribution in [0.5, 0.6) is 0 Å². The third kappa shape index (κ3) is 3.37. The molecule has 4 nitrogen and oxygen atoms in total. The highest BCUT2D eigenvalue weighted by atomic mass is 32.2. The Morgan fingerprint density at radius 2 is 1.90 bits per heavy atom. The summed E-state index contributed by atoms with van der Waals surface area (Å²) in [7, 11) is -3.80. The quantitative estimate of drug-likeness (QED) is 0.848. The number of hydrogen-bond acceptors (Lipinski definition) is 3. The second-order valence-electron chi connectivity index (χ2n) is 4.43. The van der Waals surface area contributed by atoms with Crippen LogP contribution in [0.3, 0.4) is 0 Å². The van der Waals surface area contributed by atoms with Crippen LogP contribution in [0.25, 0.3) is 0 Å². The molecule has 0 spiro atoms. The average Bonchev–Trinajstić information content (AvgIpc) is 2.40. The van der Waals surface area contributed by atoms with Crippen molar-refractivity contribution in [3.05, 3.63) is 59.4 Å². The van der Waals surface area contributed by atoms with Crippen molar-refractivity contribution < 1.29 is 12.8 Å². The summed E-state index contributed by atoms with van der Waals surface area (Å²) in [6, 6.07) is 10.1. The largest absolute Gasteiger partial charge is 0.389 e. The SMILES string of the molecule is Cc1ccccc1S(=O)(=O)Nc1ccc(F)cc1C(N)=S. The Kier molecular flexibility index (Phi) is 4.24. The summed E-state index contributed by atoms with van der Waals surface area (Å²) < 4.78 is 40.4. The fourth-order valence-corrected chi connectivity index (χ4v) is 3.36. The number of rotatable bonds is 4. The second-order valence-corrected chi connectivity index (χ2v) is 6.52. The monoisotopic (exact) mass is 324 g/mol. The Hall–Kier alpha value is -1.99. The first-order valence-corrected chi connectivity index (χ1v) is 7.88. The minimum absolute atomic E-state index is 0.0861. The molecule has 0 aliphatic carbocycles. The Bertz CT molecular complexity index is 804. The number of hydrogen-bond donors (Lipinski definition) is 2. The number of nitrogens with two attached hydrogens (primary N) is 1. The molecule has 0 unspecified atom stereocenters. The molecule has 3 N–H and O–H groups in total. The van der Waals surface area contributed by atoms with Gasteiger partial charge < -0.3 is 5.73 Å². The van der Waals surface area contributed by atoms with Crippen LogP contribution in [0.4, 0.5) is 10.1 Å². The molecule has 0 heterocycles. The van der Waals surface area contributed by atoms with Gasteiger partial charge in [-0.1, -0.05) is 30.4 Å². The summed E-state index contributed by atoms with van der Waals surface area (Å²) in [5.41, 5.74) is 6.39. The van der Waals surface area contributed by atoms with Gasteiger partial charge in [0.05, 0.1) is 10.6 Å². The summed E-state index contributed by atoms with van der Waals surface area (Å²) >= 11 is 4.82. The van der Waals surface area contributed by atoms with E-state index in [1.165, 1.54) is 12.1 Å². The highest BCUT2D eigenvalue weighted by Gasteiger charge is 2.18. The van der Waals surface area contributed by atoms with Crippen LogP contribution in [0.15, 0.2) is 47.4 Å². The first-order chi connectivity index (χ1) is 9.81. The van der Waals surface area contributed by atoms with Crippen molar-refractivity contribution in [2.24, 2.45) is 5.73 Å². The molecule has 0 amide bonds. The Morgan fingerprint density at radius 3 is 2.52 bits per heavy atom. The van der Waals surface area contributed by atoms with E-state index in [1.54, 1.807) is 25.1 Å². The van der Waals surface area contributed by atoms with Crippen LogP contribution in [0, 0.1) is 12.7 Å². The lowest BCUT2D eigenvalue weighted by Gasteiger charge is -2.13. The molecule has 0 aliphatic rings. The third-order valence-corrected chi connectivity index (χ3v) is 4.62. The van der Waals surface area contributed by atoms with Crippen LogP contribution in [0.2, 0.25) is 0 Å². The lowest BCUT2D eigenvalue weighted by Crippen LogP contribution is -2.19. The minimum atomic E-state index is -3.80. The lowest BCUT2D eigenvalue weighted by atomic mass is 10.2. The normalized spacial score (nSPS) is 11.1. The molecule has 0 bridgehead atoms. The molecule has 2 aromatic carbocycles. The molecular weight excluding hydrogens is 311 g/mol. The highest BCUT2D eigenvalue weighted by molar-refractivity contribution is 7.92. The maximum Gasteiger partial charge on any atom is 0.262 e. The molecule has 0 fully saturated rings. The van der Waals surface area contributed by atoms with E-state index in [0.29, 0.717) is 5.56 Å². The number of nitrogens with one attached hydrogen (secondary N) is 1.